The summed E-state index contributed by atoms with van der Waals surface area (Å²) in [5, 5.41) is 0. The van der Waals surface area contributed by atoms with Gasteiger partial charge in [0.15, 0.2) is 11.6 Å². The highest BCUT2D eigenvalue weighted by Crippen LogP contribution is 2.40. The van der Waals surface area contributed by atoms with Crippen LogP contribution in [0.2, 0.25) is 0 Å². The standard InChI is InChI=1S/C27H26F6O/c1-2-3-4-5-16-6-8-21(9-7-16)34-27(32,33)20-14-24(30)26(25(31)15-20)19-10-17-12-22(28)23(29)13-18(17)11-19/h2-3,10,12-16,21H,4-9,11H2,1H3/b3-2+. The largest absolute Gasteiger partial charge is 0.383 e. The van der Waals surface area contributed by atoms with E-state index in [-0.39, 0.29) is 12.0 Å². The predicted octanol–water partition coefficient (Wildman–Crippen LogP) is 8.32. The van der Waals surface area contributed by atoms with E-state index in [0.717, 1.165) is 37.8 Å². The molecule has 0 unspecified atom stereocenters. The molecular formula is C27H26F6O. The molecule has 0 saturated heterocycles. The number of hydrogen-bond acceptors (Lipinski definition) is 1. The van der Waals surface area contributed by atoms with E-state index in [0.29, 0.717) is 42.0 Å². The maximum absolute atomic E-state index is 14.8. The van der Waals surface area contributed by atoms with E-state index in [1.54, 1.807) is 0 Å². The molecule has 1 nitrogen and oxygen atoms in total. The Labute approximate surface area is 195 Å². The fourth-order valence-electron chi connectivity index (χ4n) is 4.86. The monoisotopic (exact) mass is 480 g/mol. The van der Waals surface area contributed by atoms with Gasteiger partial charge in [-0.25, -0.2) is 17.6 Å². The van der Waals surface area contributed by atoms with E-state index in [2.05, 4.69) is 6.08 Å². The van der Waals surface area contributed by atoms with Crippen molar-refractivity contribution in [1.29, 1.82) is 0 Å². The van der Waals surface area contributed by atoms with Crippen molar-refractivity contribution < 1.29 is 31.1 Å². The first kappa shape index (κ1) is 24.6. The van der Waals surface area contributed by atoms with Gasteiger partial charge < -0.3 is 4.74 Å². The van der Waals surface area contributed by atoms with Crippen molar-refractivity contribution in [2.45, 2.75) is 64.1 Å². The molecule has 1 saturated carbocycles. The minimum absolute atomic E-state index is 0.0378. The molecule has 182 valence electrons. The van der Waals surface area contributed by atoms with Gasteiger partial charge in [-0.1, -0.05) is 18.2 Å². The van der Waals surface area contributed by atoms with Crippen LogP contribution < -0.4 is 0 Å². The average molecular weight is 480 g/mol. The van der Waals surface area contributed by atoms with Gasteiger partial charge in [-0.2, -0.15) is 8.78 Å². The number of rotatable bonds is 7. The third-order valence-corrected chi connectivity index (χ3v) is 6.68. The summed E-state index contributed by atoms with van der Waals surface area (Å²) in [6.45, 7) is 1.96. The molecule has 0 spiro atoms. The predicted molar refractivity (Wildman–Crippen MR) is 119 cm³/mol. The van der Waals surface area contributed by atoms with Crippen LogP contribution in [0.25, 0.3) is 11.6 Å². The zero-order valence-corrected chi connectivity index (χ0v) is 18.8. The molecule has 2 aromatic rings. The number of allylic oxidation sites excluding steroid dienone is 3. The molecule has 0 radical (unpaired) electrons. The SMILES string of the molecule is C/C=C/CCC1CCC(OC(F)(F)c2cc(F)c(C3=Cc4cc(F)c(F)cc4C3)c(F)c2)CC1. The van der Waals surface area contributed by atoms with Gasteiger partial charge in [0.05, 0.1) is 11.7 Å². The number of halogens is 6. The van der Waals surface area contributed by atoms with Crippen molar-refractivity contribution in [3.8, 4) is 0 Å². The van der Waals surface area contributed by atoms with Gasteiger partial charge in [0, 0.05) is 5.56 Å². The molecule has 0 aliphatic heterocycles. The average Bonchev–Trinajstić information content (AvgIpc) is 3.16. The summed E-state index contributed by atoms with van der Waals surface area (Å²) in [5.74, 6) is -4.02. The summed E-state index contributed by atoms with van der Waals surface area (Å²) in [6.07, 6.45) is 5.29. The van der Waals surface area contributed by atoms with Crippen LogP contribution in [0.4, 0.5) is 26.3 Å². The molecule has 2 aliphatic carbocycles. The molecule has 4 rings (SSSR count). The van der Waals surface area contributed by atoms with Crippen molar-refractivity contribution in [2.24, 2.45) is 5.92 Å². The van der Waals surface area contributed by atoms with Crippen molar-refractivity contribution in [3.05, 3.63) is 81.9 Å². The van der Waals surface area contributed by atoms with Crippen molar-refractivity contribution in [1.82, 2.24) is 0 Å². The summed E-state index contributed by atoms with van der Waals surface area (Å²) in [6, 6.07) is 3.06. The second kappa shape index (κ2) is 9.98. The third kappa shape index (κ3) is 5.24. The Bertz CT molecular complexity index is 1090. The van der Waals surface area contributed by atoms with Gasteiger partial charge in [0.1, 0.15) is 11.6 Å². The van der Waals surface area contributed by atoms with E-state index in [1.807, 2.05) is 13.0 Å². The maximum Gasteiger partial charge on any atom is 0.383 e. The van der Waals surface area contributed by atoms with E-state index in [1.165, 1.54) is 6.08 Å². The lowest BCUT2D eigenvalue weighted by Gasteiger charge is -2.31. The van der Waals surface area contributed by atoms with Gasteiger partial charge in [0.25, 0.3) is 0 Å². The van der Waals surface area contributed by atoms with Crippen LogP contribution >= 0.6 is 0 Å². The van der Waals surface area contributed by atoms with Crippen molar-refractivity contribution >= 4 is 11.6 Å². The summed E-state index contributed by atoms with van der Waals surface area (Å²) < 4.78 is 91.2. The summed E-state index contributed by atoms with van der Waals surface area (Å²) in [5.41, 5.74) is -0.589. The molecular weight excluding hydrogens is 454 g/mol. The smallest absolute Gasteiger partial charge is 0.313 e. The molecule has 0 N–H and O–H groups in total. The van der Waals surface area contributed by atoms with E-state index in [4.69, 9.17) is 4.74 Å². The van der Waals surface area contributed by atoms with Crippen LogP contribution in [0.15, 0.2) is 36.4 Å². The van der Waals surface area contributed by atoms with Crippen LogP contribution in [0.5, 0.6) is 0 Å². The van der Waals surface area contributed by atoms with Gasteiger partial charge in [0.2, 0.25) is 0 Å². The minimum Gasteiger partial charge on any atom is -0.313 e. The minimum atomic E-state index is -3.85. The van der Waals surface area contributed by atoms with E-state index >= 15 is 0 Å². The van der Waals surface area contributed by atoms with Gasteiger partial charge >= 0.3 is 6.11 Å². The van der Waals surface area contributed by atoms with Crippen molar-refractivity contribution in [3.63, 3.8) is 0 Å². The van der Waals surface area contributed by atoms with Crippen LogP contribution in [-0.4, -0.2) is 6.10 Å². The Kier molecular flexibility index (Phi) is 7.22. The summed E-state index contributed by atoms with van der Waals surface area (Å²) in [7, 11) is 0. The first-order chi connectivity index (χ1) is 16.2. The highest BCUT2D eigenvalue weighted by atomic mass is 19.3. The third-order valence-electron chi connectivity index (χ3n) is 6.68. The van der Waals surface area contributed by atoms with Crippen LogP contribution in [-0.2, 0) is 17.3 Å². The molecule has 0 bridgehead atoms. The zero-order valence-electron chi connectivity index (χ0n) is 18.8. The number of alkyl halides is 2. The Morgan fingerprint density at radius 1 is 0.912 bits per heavy atom. The van der Waals surface area contributed by atoms with Gasteiger partial charge in [-0.05, 0) is 98.8 Å². The normalized spacial score (nSPS) is 20.6. The molecule has 0 aromatic heterocycles. The molecule has 2 aliphatic rings. The van der Waals surface area contributed by atoms with Gasteiger partial charge in [-0.15, -0.1) is 0 Å². The number of ether oxygens (including phenoxy) is 1. The summed E-state index contributed by atoms with van der Waals surface area (Å²) in [4.78, 5) is 0. The molecule has 1 fully saturated rings. The molecule has 0 atom stereocenters. The fraction of sp³-hybridized carbons (Fsp3) is 0.407. The maximum atomic E-state index is 14.8. The Morgan fingerprint density at radius 3 is 2.21 bits per heavy atom. The Hall–Kier alpha value is -2.54. The lowest BCUT2D eigenvalue weighted by atomic mass is 9.84. The quantitative estimate of drug-likeness (QED) is 0.286. The van der Waals surface area contributed by atoms with Crippen LogP contribution in [0.1, 0.15) is 67.7 Å². The summed E-state index contributed by atoms with van der Waals surface area (Å²) >= 11 is 0. The Balaban J connectivity index is 1.46. The van der Waals surface area contributed by atoms with Crippen LogP contribution in [0.3, 0.4) is 0 Å². The number of hydrogen-bond donors (Lipinski definition) is 0. The lowest BCUT2D eigenvalue weighted by molar-refractivity contribution is -0.278. The fourth-order valence-corrected chi connectivity index (χ4v) is 4.86. The Morgan fingerprint density at radius 2 is 1.56 bits per heavy atom. The second-order valence-corrected chi connectivity index (χ2v) is 9.05. The second-order valence-electron chi connectivity index (χ2n) is 9.05. The molecule has 7 heteroatoms. The molecule has 0 heterocycles. The first-order valence-corrected chi connectivity index (χ1v) is 11.5. The molecule has 0 amide bonds. The highest BCUT2D eigenvalue weighted by Gasteiger charge is 2.39. The highest BCUT2D eigenvalue weighted by molar-refractivity contribution is 5.89. The number of benzene rings is 2. The van der Waals surface area contributed by atoms with Crippen LogP contribution in [0, 0.1) is 29.2 Å². The van der Waals surface area contributed by atoms with Gasteiger partial charge in [-0.3, -0.25) is 0 Å². The topological polar surface area (TPSA) is 9.23 Å². The van der Waals surface area contributed by atoms with E-state index in [9.17, 15) is 26.3 Å². The van der Waals surface area contributed by atoms with E-state index < -0.39 is 46.6 Å². The first-order valence-electron chi connectivity index (χ1n) is 11.5. The lowest BCUT2D eigenvalue weighted by Crippen LogP contribution is -2.30. The molecule has 34 heavy (non-hydrogen) atoms. The van der Waals surface area contributed by atoms with Crippen molar-refractivity contribution in [2.75, 3.05) is 0 Å². The molecule has 2 aromatic carbocycles. The zero-order chi connectivity index (χ0) is 24.5. The number of fused-ring (bicyclic) bond motifs is 1.